The molecule has 2 aromatic rings. The van der Waals surface area contributed by atoms with Gasteiger partial charge in [0.25, 0.3) is 0 Å². The van der Waals surface area contributed by atoms with Crippen molar-refractivity contribution in [1.29, 1.82) is 0 Å². The Morgan fingerprint density at radius 3 is 2.58 bits per heavy atom. The third kappa shape index (κ3) is 6.39. The van der Waals surface area contributed by atoms with Gasteiger partial charge in [0.15, 0.2) is 5.78 Å². The molecule has 0 bridgehead atoms. The number of nitrogens with one attached hydrogen (secondary N) is 1. The molecule has 0 radical (unpaired) electrons. The van der Waals surface area contributed by atoms with E-state index < -0.39 is 5.97 Å². The van der Waals surface area contributed by atoms with Crippen LogP contribution in [-0.2, 0) is 16.0 Å². The number of benzene rings is 2. The summed E-state index contributed by atoms with van der Waals surface area (Å²) in [6, 6.07) is 13.7. The van der Waals surface area contributed by atoms with Crippen molar-refractivity contribution < 1.29 is 24.2 Å². The molecule has 0 atom stereocenters. The third-order valence-electron chi connectivity index (χ3n) is 3.62. The van der Waals surface area contributed by atoms with Gasteiger partial charge in [0.1, 0.15) is 5.75 Å². The minimum Gasteiger partial charge on any atom is -0.494 e. The lowest BCUT2D eigenvalue weighted by Gasteiger charge is -2.08. The van der Waals surface area contributed by atoms with Crippen LogP contribution in [0.15, 0.2) is 48.5 Å². The second-order valence-corrected chi connectivity index (χ2v) is 5.86. The number of Topliss-reactive ketones (excluding diaryl/α,β-unsaturated/α-hetero) is 1. The number of amides is 1. The van der Waals surface area contributed by atoms with Crippen LogP contribution in [0.2, 0.25) is 0 Å². The average molecular weight is 355 g/mol. The Morgan fingerprint density at radius 2 is 1.85 bits per heavy atom. The Balaban J connectivity index is 1.76. The highest BCUT2D eigenvalue weighted by Crippen LogP contribution is 2.15. The van der Waals surface area contributed by atoms with E-state index in [2.05, 4.69) is 5.32 Å². The van der Waals surface area contributed by atoms with Gasteiger partial charge in [0.2, 0.25) is 5.91 Å². The van der Waals surface area contributed by atoms with Gasteiger partial charge in [-0.25, -0.2) is 0 Å². The molecular formula is C20H21NO5. The molecule has 0 saturated carbocycles. The Hall–Kier alpha value is -3.15. The lowest BCUT2D eigenvalue weighted by molar-refractivity contribution is -0.136. The normalized spacial score (nSPS) is 10.2. The Bertz CT molecular complexity index is 800. The highest BCUT2D eigenvalue weighted by molar-refractivity contribution is 5.94. The smallest absolute Gasteiger partial charge is 0.307 e. The number of carboxylic acid groups (broad SMARTS) is 1. The van der Waals surface area contributed by atoms with Crippen molar-refractivity contribution in [3.05, 3.63) is 59.7 Å². The van der Waals surface area contributed by atoms with Gasteiger partial charge in [-0.3, -0.25) is 14.4 Å². The number of hydrogen-bond donors (Lipinski definition) is 2. The fourth-order valence-electron chi connectivity index (χ4n) is 2.38. The predicted molar refractivity (Wildman–Crippen MR) is 97.6 cm³/mol. The fourth-order valence-corrected chi connectivity index (χ4v) is 2.38. The van der Waals surface area contributed by atoms with Crippen LogP contribution in [0.3, 0.4) is 0 Å². The zero-order valence-electron chi connectivity index (χ0n) is 14.5. The molecule has 6 heteroatoms. The summed E-state index contributed by atoms with van der Waals surface area (Å²) in [5.41, 5.74) is 1.79. The van der Waals surface area contributed by atoms with Crippen LogP contribution in [0.1, 0.15) is 35.7 Å². The van der Waals surface area contributed by atoms with E-state index in [0.717, 1.165) is 0 Å². The largest absolute Gasteiger partial charge is 0.494 e. The first-order valence-electron chi connectivity index (χ1n) is 8.28. The summed E-state index contributed by atoms with van der Waals surface area (Å²) < 4.78 is 5.56. The average Bonchev–Trinajstić information content (AvgIpc) is 2.58. The van der Waals surface area contributed by atoms with Crippen LogP contribution >= 0.6 is 0 Å². The highest BCUT2D eigenvalue weighted by atomic mass is 16.5. The molecule has 0 aliphatic rings. The van der Waals surface area contributed by atoms with Gasteiger partial charge in [0, 0.05) is 17.7 Å². The molecule has 1 amide bonds. The SMILES string of the molecule is CC(=O)c1cccc(OCCCC(=O)Nc2cccc(CC(=O)O)c2)c1. The molecule has 0 spiro atoms. The predicted octanol–water partition coefficient (Wildman–Crippen LogP) is 3.31. The van der Waals surface area contributed by atoms with Crippen LogP contribution in [0, 0.1) is 0 Å². The number of carbonyl (C=O) groups is 3. The first-order chi connectivity index (χ1) is 12.4. The number of carbonyl (C=O) groups excluding carboxylic acids is 2. The van der Waals surface area contributed by atoms with E-state index in [-0.39, 0.29) is 24.5 Å². The van der Waals surface area contributed by atoms with E-state index in [9.17, 15) is 14.4 Å². The van der Waals surface area contributed by atoms with E-state index in [0.29, 0.717) is 35.6 Å². The van der Waals surface area contributed by atoms with Crippen LogP contribution in [0.4, 0.5) is 5.69 Å². The Morgan fingerprint density at radius 1 is 1.08 bits per heavy atom. The summed E-state index contributed by atoms with van der Waals surface area (Å²) in [5.74, 6) is -0.516. The van der Waals surface area contributed by atoms with Crippen molar-refractivity contribution >= 4 is 23.3 Å². The van der Waals surface area contributed by atoms with Crippen molar-refractivity contribution in [3.63, 3.8) is 0 Å². The van der Waals surface area contributed by atoms with Gasteiger partial charge >= 0.3 is 5.97 Å². The first kappa shape index (κ1) is 19.2. The number of anilines is 1. The number of ether oxygens (including phenoxy) is 1. The summed E-state index contributed by atoms with van der Waals surface area (Å²) in [7, 11) is 0. The van der Waals surface area contributed by atoms with Crippen LogP contribution < -0.4 is 10.1 Å². The second kappa shape index (κ2) is 9.36. The minimum atomic E-state index is -0.917. The summed E-state index contributed by atoms with van der Waals surface area (Å²) >= 11 is 0. The van der Waals surface area contributed by atoms with E-state index >= 15 is 0 Å². The maximum atomic E-state index is 12.0. The first-order valence-corrected chi connectivity index (χ1v) is 8.28. The fraction of sp³-hybridized carbons (Fsp3) is 0.250. The molecule has 0 heterocycles. The summed E-state index contributed by atoms with van der Waals surface area (Å²) in [6.45, 7) is 1.85. The topological polar surface area (TPSA) is 92.7 Å². The zero-order valence-corrected chi connectivity index (χ0v) is 14.5. The maximum absolute atomic E-state index is 12.0. The lowest BCUT2D eigenvalue weighted by atomic mass is 10.1. The molecule has 2 N–H and O–H groups in total. The van der Waals surface area contributed by atoms with Crippen LogP contribution in [0.25, 0.3) is 0 Å². The molecule has 26 heavy (non-hydrogen) atoms. The van der Waals surface area contributed by atoms with Crippen molar-refractivity contribution in [3.8, 4) is 5.75 Å². The molecule has 0 fully saturated rings. The van der Waals surface area contributed by atoms with Crippen LogP contribution in [-0.4, -0.2) is 29.4 Å². The lowest BCUT2D eigenvalue weighted by Crippen LogP contribution is -2.13. The third-order valence-corrected chi connectivity index (χ3v) is 3.62. The summed E-state index contributed by atoms with van der Waals surface area (Å²) in [5, 5.41) is 11.6. The minimum absolute atomic E-state index is 0.0278. The van der Waals surface area contributed by atoms with E-state index in [1.807, 2.05) is 0 Å². The van der Waals surface area contributed by atoms with Gasteiger partial charge in [-0.2, -0.15) is 0 Å². The quantitative estimate of drug-likeness (QED) is 0.532. The van der Waals surface area contributed by atoms with Crippen molar-refractivity contribution in [2.24, 2.45) is 0 Å². The van der Waals surface area contributed by atoms with Crippen molar-refractivity contribution in [2.45, 2.75) is 26.2 Å². The Kier molecular flexibility index (Phi) is 6.91. The van der Waals surface area contributed by atoms with Crippen LogP contribution in [0.5, 0.6) is 5.75 Å². The molecule has 0 aromatic heterocycles. The molecule has 0 unspecified atom stereocenters. The second-order valence-electron chi connectivity index (χ2n) is 5.86. The molecule has 2 aromatic carbocycles. The number of hydrogen-bond acceptors (Lipinski definition) is 4. The summed E-state index contributed by atoms with van der Waals surface area (Å²) in [4.78, 5) is 34.0. The van der Waals surface area contributed by atoms with Crippen molar-refractivity contribution in [2.75, 3.05) is 11.9 Å². The Labute approximate surface area is 151 Å². The molecule has 136 valence electrons. The number of ketones is 1. The van der Waals surface area contributed by atoms with Gasteiger partial charge in [-0.15, -0.1) is 0 Å². The monoisotopic (exact) mass is 355 g/mol. The number of rotatable bonds is 9. The number of aliphatic carboxylic acids is 1. The zero-order chi connectivity index (χ0) is 18.9. The van der Waals surface area contributed by atoms with E-state index in [4.69, 9.17) is 9.84 Å². The standard InChI is InChI=1S/C20H21NO5/c1-14(22)16-6-3-8-18(13-16)26-10-4-9-19(23)21-17-7-2-5-15(11-17)12-20(24)25/h2-3,5-8,11,13H,4,9-10,12H2,1H3,(H,21,23)(H,24,25). The molecule has 0 aliphatic heterocycles. The van der Waals surface area contributed by atoms with E-state index in [1.165, 1.54) is 6.92 Å². The summed E-state index contributed by atoms with van der Waals surface area (Å²) in [6.07, 6.45) is 0.706. The highest BCUT2D eigenvalue weighted by Gasteiger charge is 2.06. The van der Waals surface area contributed by atoms with Gasteiger partial charge in [-0.05, 0) is 43.2 Å². The van der Waals surface area contributed by atoms with Crippen molar-refractivity contribution in [1.82, 2.24) is 0 Å². The molecule has 6 nitrogen and oxygen atoms in total. The molecule has 0 aliphatic carbocycles. The van der Waals surface area contributed by atoms with Gasteiger partial charge < -0.3 is 15.2 Å². The molecular weight excluding hydrogens is 334 g/mol. The van der Waals surface area contributed by atoms with Gasteiger partial charge in [-0.1, -0.05) is 24.3 Å². The van der Waals surface area contributed by atoms with Gasteiger partial charge in [0.05, 0.1) is 13.0 Å². The number of carboxylic acids is 1. The molecule has 0 saturated heterocycles. The maximum Gasteiger partial charge on any atom is 0.307 e. The molecule has 2 rings (SSSR count). The van der Waals surface area contributed by atoms with E-state index in [1.54, 1.807) is 48.5 Å².